The number of ketones is 1. The standard InChI is InChI=1S/C18H20BrClN2O3/c1-18(2,3)25-17(24)22-8-6-12(7-9-22)4-5-15(23)14-10-13(19)11-21-16(14)20/h10-12H,6-9H2,1-3H3. The van der Waals surface area contributed by atoms with Gasteiger partial charge >= 0.3 is 6.09 Å². The van der Waals surface area contributed by atoms with E-state index < -0.39 is 5.60 Å². The molecule has 0 bridgehead atoms. The second-order valence-corrected chi connectivity index (χ2v) is 8.11. The summed E-state index contributed by atoms with van der Waals surface area (Å²) in [5.41, 5.74) is -0.216. The summed E-state index contributed by atoms with van der Waals surface area (Å²) in [5, 5.41) is 0.141. The van der Waals surface area contributed by atoms with Crippen molar-refractivity contribution >= 4 is 39.4 Å². The van der Waals surface area contributed by atoms with E-state index in [1.54, 1.807) is 11.0 Å². The summed E-state index contributed by atoms with van der Waals surface area (Å²) in [6.07, 6.45) is 2.65. The molecule has 1 aromatic heterocycles. The second kappa shape index (κ2) is 8.20. The zero-order valence-electron chi connectivity index (χ0n) is 14.4. The molecule has 5 nitrogen and oxygen atoms in total. The lowest BCUT2D eigenvalue weighted by molar-refractivity contribution is 0.0199. The van der Waals surface area contributed by atoms with Crippen LogP contribution in [0.2, 0.25) is 5.15 Å². The minimum atomic E-state index is -0.503. The van der Waals surface area contributed by atoms with Crippen LogP contribution in [0.15, 0.2) is 16.7 Å². The Bertz CT molecular complexity index is 726. The van der Waals surface area contributed by atoms with Crippen LogP contribution >= 0.6 is 27.5 Å². The molecule has 0 atom stereocenters. The average Bonchev–Trinajstić information content (AvgIpc) is 2.53. The Hall–Kier alpha value is -1.58. The topological polar surface area (TPSA) is 59.5 Å². The Morgan fingerprint density at radius 3 is 2.60 bits per heavy atom. The number of carbonyl (C=O) groups is 2. The molecule has 0 radical (unpaired) electrons. The molecule has 7 heteroatoms. The Morgan fingerprint density at radius 1 is 1.36 bits per heavy atom. The van der Waals surface area contributed by atoms with Crippen LogP contribution < -0.4 is 0 Å². The van der Waals surface area contributed by atoms with Crippen molar-refractivity contribution in [2.45, 2.75) is 39.2 Å². The summed E-state index contributed by atoms with van der Waals surface area (Å²) >= 11 is 9.20. The van der Waals surface area contributed by atoms with Crippen molar-refractivity contribution in [1.29, 1.82) is 0 Å². The molecule has 0 saturated carbocycles. The number of carbonyl (C=O) groups excluding carboxylic acids is 2. The molecule has 0 aliphatic carbocycles. The van der Waals surface area contributed by atoms with Gasteiger partial charge in [0.1, 0.15) is 10.8 Å². The molecular weight excluding hydrogens is 408 g/mol. The van der Waals surface area contributed by atoms with Gasteiger partial charge in [-0.3, -0.25) is 4.79 Å². The second-order valence-electron chi connectivity index (χ2n) is 6.83. The lowest BCUT2D eigenvalue weighted by atomic mass is 9.97. The molecule has 1 aliphatic heterocycles. The van der Waals surface area contributed by atoms with Crippen molar-refractivity contribution < 1.29 is 14.3 Å². The van der Waals surface area contributed by atoms with Gasteiger partial charge in [-0.15, -0.1) is 0 Å². The Balaban J connectivity index is 1.92. The first-order valence-corrected chi connectivity index (χ1v) is 9.17. The molecule has 0 N–H and O–H groups in total. The van der Waals surface area contributed by atoms with Crippen LogP contribution in [0.3, 0.4) is 0 Å². The molecule has 2 heterocycles. The predicted molar refractivity (Wildman–Crippen MR) is 99.6 cm³/mol. The lowest BCUT2D eigenvalue weighted by Gasteiger charge is -2.31. The molecule has 1 amide bonds. The number of pyridine rings is 1. The van der Waals surface area contributed by atoms with Gasteiger partial charge in [0.05, 0.1) is 5.56 Å². The maximum absolute atomic E-state index is 12.2. The number of halogens is 2. The van der Waals surface area contributed by atoms with Gasteiger partial charge in [-0.05, 0) is 61.5 Å². The molecule has 0 unspecified atom stereocenters. The number of Topliss-reactive ketones (excluding diaryl/α,β-unsaturated/α-hetero) is 1. The first kappa shape index (κ1) is 19.7. The summed E-state index contributed by atoms with van der Waals surface area (Å²) in [4.78, 5) is 29.8. The molecule has 1 aromatic rings. The van der Waals surface area contributed by atoms with Crippen molar-refractivity contribution in [2.24, 2.45) is 5.92 Å². The van der Waals surface area contributed by atoms with Gasteiger partial charge in [0, 0.05) is 29.7 Å². The van der Waals surface area contributed by atoms with Crippen LogP contribution in [-0.2, 0) is 4.74 Å². The SMILES string of the molecule is CC(C)(C)OC(=O)N1CCC(C#CC(=O)c2cc(Br)cnc2Cl)CC1. The van der Waals surface area contributed by atoms with Crippen molar-refractivity contribution in [3.8, 4) is 11.8 Å². The number of rotatable bonds is 1. The summed E-state index contributed by atoms with van der Waals surface area (Å²) in [5.74, 6) is 5.36. The van der Waals surface area contributed by atoms with E-state index in [-0.39, 0.29) is 28.5 Å². The van der Waals surface area contributed by atoms with E-state index in [2.05, 4.69) is 32.8 Å². The third-order valence-electron chi connectivity index (χ3n) is 3.59. The number of aromatic nitrogens is 1. The maximum atomic E-state index is 12.2. The molecular formula is C18H20BrClN2O3. The van der Waals surface area contributed by atoms with E-state index in [0.29, 0.717) is 30.4 Å². The fourth-order valence-corrected chi connectivity index (χ4v) is 2.87. The largest absolute Gasteiger partial charge is 0.444 e. The van der Waals surface area contributed by atoms with E-state index in [9.17, 15) is 9.59 Å². The van der Waals surface area contributed by atoms with Crippen LogP contribution in [0.4, 0.5) is 4.79 Å². The van der Waals surface area contributed by atoms with E-state index >= 15 is 0 Å². The highest BCUT2D eigenvalue weighted by molar-refractivity contribution is 9.10. The first-order chi connectivity index (χ1) is 11.7. The van der Waals surface area contributed by atoms with Crippen LogP contribution in [0.1, 0.15) is 44.0 Å². The molecule has 1 saturated heterocycles. The highest BCUT2D eigenvalue weighted by Gasteiger charge is 2.26. The third kappa shape index (κ3) is 6.02. The molecule has 2 rings (SSSR count). The minimum Gasteiger partial charge on any atom is -0.444 e. The Kier molecular flexibility index (Phi) is 6.47. The number of likely N-dealkylation sites (tertiary alicyclic amines) is 1. The van der Waals surface area contributed by atoms with Crippen LogP contribution in [0.5, 0.6) is 0 Å². The maximum Gasteiger partial charge on any atom is 0.410 e. The lowest BCUT2D eigenvalue weighted by Crippen LogP contribution is -2.41. The van der Waals surface area contributed by atoms with E-state index in [1.165, 1.54) is 6.20 Å². The summed E-state index contributed by atoms with van der Waals surface area (Å²) in [7, 11) is 0. The fraction of sp³-hybridized carbons (Fsp3) is 0.500. The van der Waals surface area contributed by atoms with Gasteiger partial charge in [0.25, 0.3) is 0 Å². The number of amides is 1. The van der Waals surface area contributed by atoms with Gasteiger partial charge in [0.15, 0.2) is 0 Å². The van der Waals surface area contributed by atoms with E-state index in [1.807, 2.05) is 20.8 Å². The average molecular weight is 428 g/mol. The molecule has 1 aliphatic rings. The minimum absolute atomic E-state index is 0.0709. The summed E-state index contributed by atoms with van der Waals surface area (Å²) in [6.45, 7) is 6.67. The van der Waals surface area contributed by atoms with Crippen LogP contribution in [0.25, 0.3) is 0 Å². The normalized spacial score (nSPS) is 15.3. The van der Waals surface area contributed by atoms with E-state index in [4.69, 9.17) is 16.3 Å². The monoisotopic (exact) mass is 426 g/mol. The highest BCUT2D eigenvalue weighted by atomic mass is 79.9. The summed E-state index contributed by atoms with van der Waals surface area (Å²) in [6, 6.07) is 1.61. The molecule has 134 valence electrons. The van der Waals surface area contributed by atoms with Crippen LogP contribution in [-0.4, -0.2) is 40.5 Å². The highest BCUT2D eigenvalue weighted by Crippen LogP contribution is 2.20. The van der Waals surface area contributed by atoms with Crippen molar-refractivity contribution in [3.63, 3.8) is 0 Å². The smallest absolute Gasteiger partial charge is 0.410 e. The molecule has 25 heavy (non-hydrogen) atoms. The molecule has 1 fully saturated rings. The Morgan fingerprint density at radius 2 is 2.00 bits per heavy atom. The quantitative estimate of drug-likeness (QED) is 0.290. The number of hydrogen-bond acceptors (Lipinski definition) is 4. The van der Waals surface area contributed by atoms with Gasteiger partial charge in [0.2, 0.25) is 5.78 Å². The van der Waals surface area contributed by atoms with Gasteiger partial charge in [-0.1, -0.05) is 17.5 Å². The summed E-state index contributed by atoms with van der Waals surface area (Å²) < 4.78 is 6.04. The van der Waals surface area contributed by atoms with Crippen molar-refractivity contribution in [1.82, 2.24) is 9.88 Å². The number of ether oxygens (including phenoxy) is 1. The predicted octanol–water partition coefficient (Wildman–Crippen LogP) is 4.33. The van der Waals surface area contributed by atoms with Crippen molar-refractivity contribution in [3.05, 3.63) is 27.5 Å². The molecule has 0 spiro atoms. The fourth-order valence-electron chi connectivity index (χ4n) is 2.35. The number of nitrogens with zero attached hydrogens (tertiary/aromatic N) is 2. The molecule has 0 aromatic carbocycles. The van der Waals surface area contributed by atoms with Crippen LogP contribution in [0, 0.1) is 17.8 Å². The van der Waals surface area contributed by atoms with Crippen molar-refractivity contribution in [2.75, 3.05) is 13.1 Å². The van der Waals surface area contributed by atoms with Gasteiger partial charge in [-0.25, -0.2) is 9.78 Å². The third-order valence-corrected chi connectivity index (χ3v) is 4.32. The van der Waals surface area contributed by atoms with E-state index in [0.717, 1.165) is 0 Å². The first-order valence-electron chi connectivity index (χ1n) is 8.00. The zero-order valence-corrected chi connectivity index (χ0v) is 16.8. The Labute approximate surface area is 161 Å². The number of hydrogen-bond donors (Lipinski definition) is 0. The van der Waals surface area contributed by atoms with Gasteiger partial charge in [-0.2, -0.15) is 0 Å². The van der Waals surface area contributed by atoms with Gasteiger partial charge < -0.3 is 9.64 Å². The zero-order chi connectivity index (χ0) is 18.6. The number of piperidine rings is 1.